The second-order valence-corrected chi connectivity index (χ2v) is 6.54. The highest BCUT2D eigenvalue weighted by atomic mass is 32.1. The molecule has 0 amide bonds. The summed E-state index contributed by atoms with van der Waals surface area (Å²) in [6, 6.07) is 10.9. The summed E-state index contributed by atoms with van der Waals surface area (Å²) in [5.74, 6) is 0. The molecule has 0 spiro atoms. The van der Waals surface area contributed by atoms with Gasteiger partial charge < -0.3 is 5.73 Å². The lowest BCUT2D eigenvalue weighted by Crippen LogP contribution is -2.44. The van der Waals surface area contributed by atoms with E-state index in [4.69, 9.17) is 5.73 Å². The first-order valence-corrected chi connectivity index (χ1v) is 6.63. The van der Waals surface area contributed by atoms with E-state index in [0.29, 0.717) is 0 Å². The van der Waals surface area contributed by atoms with Gasteiger partial charge in [0.05, 0.1) is 0 Å². The van der Waals surface area contributed by atoms with Crippen LogP contribution >= 0.6 is 11.3 Å². The molecule has 16 heavy (non-hydrogen) atoms. The van der Waals surface area contributed by atoms with Gasteiger partial charge in [-0.05, 0) is 44.2 Å². The molecule has 1 nitrogen and oxygen atoms in total. The van der Waals surface area contributed by atoms with Crippen LogP contribution in [0.1, 0.15) is 31.6 Å². The van der Waals surface area contributed by atoms with Gasteiger partial charge in [0.15, 0.2) is 0 Å². The quantitative estimate of drug-likeness (QED) is 0.838. The number of fused-ring (bicyclic) bond motifs is 1. The highest BCUT2D eigenvalue weighted by Crippen LogP contribution is 2.57. The van der Waals surface area contributed by atoms with Crippen LogP contribution in [0.4, 0.5) is 0 Å². The summed E-state index contributed by atoms with van der Waals surface area (Å²) in [5, 5.41) is 1.36. The Kier molecular flexibility index (Phi) is 1.99. The van der Waals surface area contributed by atoms with Crippen LogP contribution in [0, 0.1) is 0 Å². The molecular formula is C14H17NS. The molecular weight excluding hydrogens is 214 g/mol. The van der Waals surface area contributed by atoms with E-state index in [1.807, 2.05) is 11.3 Å². The van der Waals surface area contributed by atoms with Gasteiger partial charge in [0.25, 0.3) is 0 Å². The molecule has 1 fully saturated rings. The summed E-state index contributed by atoms with van der Waals surface area (Å²) >= 11 is 1.91. The van der Waals surface area contributed by atoms with E-state index in [1.165, 1.54) is 27.8 Å². The summed E-state index contributed by atoms with van der Waals surface area (Å²) in [5.41, 5.74) is 6.48. The molecule has 0 radical (unpaired) electrons. The average Bonchev–Trinajstić information content (AvgIpc) is 2.92. The van der Waals surface area contributed by atoms with E-state index >= 15 is 0 Å². The lowest BCUT2D eigenvalue weighted by molar-refractivity contribution is 0.397. The van der Waals surface area contributed by atoms with E-state index in [0.717, 1.165) is 0 Å². The second-order valence-electron chi connectivity index (χ2n) is 5.45. The first-order valence-electron chi connectivity index (χ1n) is 5.81. The minimum Gasteiger partial charge on any atom is -0.325 e. The fourth-order valence-electron chi connectivity index (χ4n) is 2.55. The van der Waals surface area contributed by atoms with Gasteiger partial charge in [-0.25, -0.2) is 0 Å². The summed E-state index contributed by atoms with van der Waals surface area (Å²) in [7, 11) is 0. The number of benzene rings is 1. The maximum Gasteiger partial charge on any atom is 0.0345 e. The summed E-state index contributed by atoms with van der Waals surface area (Å²) in [4.78, 5) is 1.47. The average molecular weight is 231 g/mol. The number of thiophene rings is 1. The monoisotopic (exact) mass is 231 g/mol. The van der Waals surface area contributed by atoms with Crippen molar-refractivity contribution in [3.8, 4) is 0 Å². The van der Waals surface area contributed by atoms with Crippen molar-refractivity contribution in [1.29, 1.82) is 0 Å². The molecule has 84 valence electrons. The molecule has 1 aliphatic rings. The molecule has 2 aromatic rings. The third-order valence-electron chi connectivity index (χ3n) is 3.88. The van der Waals surface area contributed by atoms with Gasteiger partial charge in [0.2, 0.25) is 0 Å². The maximum atomic E-state index is 6.34. The summed E-state index contributed by atoms with van der Waals surface area (Å²) in [6.07, 6.45) is 2.48. The summed E-state index contributed by atoms with van der Waals surface area (Å²) < 4.78 is 1.38. The van der Waals surface area contributed by atoms with Gasteiger partial charge in [0.1, 0.15) is 0 Å². The van der Waals surface area contributed by atoms with Crippen molar-refractivity contribution in [1.82, 2.24) is 0 Å². The Morgan fingerprint density at radius 3 is 2.50 bits per heavy atom. The molecule has 3 rings (SSSR count). The zero-order valence-electron chi connectivity index (χ0n) is 9.79. The van der Waals surface area contributed by atoms with Gasteiger partial charge in [0, 0.05) is 20.5 Å². The third kappa shape index (κ3) is 1.33. The Balaban J connectivity index is 2.14. The molecule has 0 bridgehead atoms. The van der Waals surface area contributed by atoms with Crippen LogP contribution in [0.5, 0.6) is 0 Å². The van der Waals surface area contributed by atoms with Crippen LogP contribution in [0.15, 0.2) is 30.3 Å². The fraction of sp³-hybridized carbons (Fsp3) is 0.429. The van der Waals surface area contributed by atoms with Gasteiger partial charge >= 0.3 is 0 Å². The van der Waals surface area contributed by atoms with E-state index < -0.39 is 0 Å². The number of nitrogens with two attached hydrogens (primary N) is 1. The normalized spacial score (nSPS) is 18.9. The zero-order chi connectivity index (χ0) is 11.4. The molecule has 2 N–H and O–H groups in total. The van der Waals surface area contributed by atoms with Crippen LogP contribution in [-0.4, -0.2) is 5.54 Å². The Bertz CT molecular complexity index is 496. The molecule has 1 aromatic carbocycles. The standard InChI is InChI=1S/C14H17NS/c1-13(2,15)14(7-8-14)12-9-10-5-3-4-6-11(10)16-12/h3-6,9H,7-8,15H2,1-2H3. The van der Waals surface area contributed by atoms with Crippen molar-refractivity contribution in [2.45, 2.75) is 37.6 Å². The lowest BCUT2D eigenvalue weighted by Gasteiger charge is -2.29. The minimum atomic E-state index is -0.103. The van der Waals surface area contributed by atoms with Crippen LogP contribution in [0.25, 0.3) is 10.1 Å². The highest BCUT2D eigenvalue weighted by Gasteiger charge is 2.54. The first-order chi connectivity index (χ1) is 7.53. The predicted molar refractivity (Wildman–Crippen MR) is 71.0 cm³/mol. The van der Waals surface area contributed by atoms with Crippen LogP contribution < -0.4 is 5.73 Å². The van der Waals surface area contributed by atoms with E-state index in [9.17, 15) is 0 Å². The molecule has 1 aromatic heterocycles. The number of hydrogen-bond acceptors (Lipinski definition) is 2. The van der Waals surface area contributed by atoms with E-state index in [1.54, 1.807) is 0 Å². The first kappa shape index (κ1) is 10.3. The molecule has 2 heteroatoms. The lowest BCUT2D eigenvalue weighted by atomic mass is 9.83. The Morgan fingerprint density at radius 1 is 1.25 bits per heavy atom. The van der Waals surface area contributed by atoms with Gasteiger partial charge in [-0.2, -0.15) is 0 Å². The molecule has 0 aliphatic heterocycles. The third-order valence-corrected chi connectivity index (χ3v) is 5.20. The van der Waals surface area contributed by atoms with Crippen LogP contribution in [-0.2, 0) is 5.41 Å². The van der Waals surface area contributed by atoms with E-state index in [-0.39, 0.29) is 11.0 Å². The molecule has 1 aliphatic carbocycles. The maximum absolute atomic E-state index is 6.34. The van der Waals surface area contributed by atoms with Crippen molar-refractivity contribution in [2.24, 2.45) is 5.73 Å². The predicted octanol–water partition coefficient (Wildman–Crippen LogP) is 3.67. The van der Waals surface area contributed by atoms with E-state index in [2.05, 4.69) is 44.2 Å². The fourth-order valence-corrected chi connectivity index (χ4v) is 4.03. The number of hydrogen-bond donors (Lipinski definition) is 1. The molecule has 1 heterocycles. The van der Waals surface area contributed by atoms with Crippen LogP contribution in [0.2, 0.25) is 0 Å². The molecule has 0 atom stereocenters. The Hall–Kier alpha value is -0.860. The van der Waals surface area contributed by atoms with Crippen LogP contribution in [0.3, 0.4) is 0 Å². The van der Waals surface area contributed by atoms with Gasteiger partial charge in [-0.3, -0.25) is 0 Å². The minimum absolute atomic E-state index is 0.103. The van der Waals surface area contributed by atoms with Crippen molar-refractivity contribution in [3.63, 3.8) is 0 Å². The number of rotatable bonds is 2. The largest absolute Gasteiger partial charge is 0.325 e. The van der Waals surface area contributed by atoms with Gasteiger partial charge in [-0.15, -0.1) is 11.3 Å². The molecule has 1 saturated carbocycles. The Labute approximate surface area is 100 Å². The molecule has 0 saturated heterocycles. The van der Waals surface area contributed by atoms with Crippen molar-refractivity contribution >= 4 is 21.4 Å². The van der Waals surface area contributed by atoms with Crippen molar-refractivity contribution in [2.75, 3.05) is 0 Å². The molecule has 0 unspecified atom stereocenters. The van der Waals surface area contributed by atoms with Crippen molar-refractivity contribution < 1.29 is 0 Å². The summed E-state index contributed by atoms with van der Waals surface area (Å²) in [6.45, 7) is 4.31. The SMILES string of the molecule is CC(C)(N)C1(c2cc3ccccc3s2)CC1. The zero-order valence-corrected chi connectivity index (χ0v) is 10.6. The second kappa shape index (κ2) is 3.08. The smallest absolute Gasteiger partial charge is 0.0345 e. The highest BCUT2D eigenvalue weighted by molar-refractivity contribution is 7.19. The van der Waals surface area contributed by atoms with Gasteiger partial charge in [-0.1, -0.05) is 18.2 Å². The Morgan fingerprint density at radius 2 is 1.94 bits per heavy atom. The topological polar surface area (TPSA) is 26.0 Å². The van der Waals surface area contributed by atoms with Crippen molar-refractivity contribution in [3.05, 3.63) is 35.2 Å².